The van der Waals surface area contributed by atoms with Crippen molar-refractivity contribution in [2.24, 2.45) is 0 Å². The molecule has 7 nitrogen and oxygen atoms in total. The quantitative estimate of drug-likeness (QED) is 0.277. The molecule has 1 fully saturated rings. The third kappa shape index (κ3) is 6.65. The number of hydrogen-bond acceptors (Lipinski definition) is 6. The zero-order chi connectivity index (χ0) is 27.2. The van der Waals surface area contributed by atoms with E-state index in [9.17, 15) is 14.4 Å². The number of nitrogens with one attached hydrogen (secondary N) is 1. The molecular formula is C29H27BrN2O5S. The van der Waals surface area contributed by atoms with Gasteiger partial charge in [0.05, 0.1) is 16.0 Å². The predicted molar refractivity (Wildman–Crippen MR) is 153 cm³/mol. The molecule has 1 aliphatic rings. The van der Waals surface area contributed by atoms with Crippen LogP contribution >= 0.6 is 27.7 Å². The fourth-order valence-corrected chi connectivity index (χ4v) is 5.21. The van der Waals surface area contributed by atoms with Gasteiger partial charge in [-0.2, -0.15) is 0 Å². The number of anilines is 1. The SMILES string of the molecule is CCOc1cc(/C=C2/SC(=O)N(CC(=O)Nc3cc(C)ccc3C)C2=O)cc(Br)c1OCc1ccccc1. The number of halogens is 1. The summed E-state index contributed by atoms with van der Waals surface area (Å²) in [5, 5.41) is 2.30. The Labute approximate surface area is 234 Å². The lowest BCUT2D eigenvalue weighted by molar-refractivity contribution is -0.127. The summed E-state index contributed by atoms with van der Waals surface area (Å²) in [5.74, 6) is 0.0957. The van der Waals surface area contributed by atoms with Gasteiger partial charge in [0.15, 0.2) is 11.5 Å². The lowest BCUT2D eigenvalue weighted by Gasteiger charge is -2.15. The van der Waals surface area contributed by atoms with E-state index in [1.165, 1.54) is 0 Å². The Balaban J connectivity index is 1.49. The van der Waals surface area contributed by atoms with E-state index >= 15 is 0 Å². The highest BCUT2D eigenvalue weighted by Crippen LogP contribution is 2.39. The van der Waals surface area contributed by atoms with Gasteiger partial charge in [0.2, 0.25) is 5.91 Å². The summed E-state index contributed by atoms with van der Waals surface area (Å²) in [6.45, 7) is 6.09. The molecule has 0 aliphatic carbocycles. The van der Waals surface area contributed by atoms with Crippen LogP contribution in [0.4, 0.5) is 10.5 Å². The van der Waals surface area contributed by atoms with Crippen LogP contribution in [0.2, 0.25) is 0 Å². The Bertz CT molecular complexity index is 1410. The summed E-state index contributed by atoms with van der Waals surface area (Å²) in [7, 11) is 0. The number of carbonyl (C=O) groups is 3. The van der Waals surface area contributed by atoms with Crippen LogP contribution in [0.25, 0.3) is 6.08 Å². The maximum absolute atomic E-state index is 13.0. The largest absolute Gasteiger partial charge is 0.490 e. The van der Waals surface area contributed by atoms with E-state index in [1.54, 1.807) is 18.2 Å². The summed E-state index contributed by atoms with van der Waals surface area (Å²) >= 11 is 4.35. The maximum Gasteiger partial charge on any atom is 0.294 e. The van der Waals surface area contributed by atoms with E-state index in [-0.39, 0.29) is 11.4 Å². The Hall–Kier alpha value is -3.56. The number of aryl methyl sites for hydroxylation is 2. The van der Waals surface area contributed by atoms with E-state index in [0.717, 1.165) is 33.4 Å². The second-order valence-corrected chi connectivity index (χ2v) is 10.5. The van der Waals surface area contributed by atoms with Gasteiger partial charge in [0.1, 0.15) is 13.2 Å². The Morgan fingerprint density at radius 2 is 1.82 bits per heavy atom. The van der Waals surface area contributed by atoms with Crippen molar-refractivity contribution < 1.29 is 23.9 Å². The molecule has 0 unspecified atom stereocenters. The first-order valence-electron chi connectivity index (χ1n) is 12.0. The number of nitrogens with zero attached hydrogens (tertiary/aromatic N) is 1. The topological polar surface area (TPSA) is 84.9 Å². The standard InChI is InChI=1S/C29H27BrN2O5S/c1-4-36-24-14-21(13-22(30)27(24)37-17-20-8-6-5-7-9-20)15-25-28(34)32(29(35)38-25)16-26(33)31-23-12-18(2)10-11-19(23)3/h5-15H,4,16-17H2,1-3H3,(H,31,33)/b25-15+. The number of thioether (sulfide) groups is 1. The second kappa shape index (κ2) is 12.3. The highest BCUT2D eigenvalue weighted by atomic mass is 79.9. The first-order chi connectivity index (χ1) is 18.2. The van der Waals surface area contributed by atoms with Crippen molar-refractivity contribution in [3.8, 4) is 11.5 Å². The van der Waals surface area contributed by atoms with Gasteiger partial charge in [-0.15, -0.1) is 0 Å². The molecule has 3 aromatic carbocycles. The Morgan fingerprint density at radius 1 is 1.05 bits per heavy atom. The van der Waals surface area contributed by atoms with Crippen molar-refractivity contribution in [2.75, 3.05) is 18.5 Å². The van der Waals surface area contributed by atoms with Gasteiger partial charge in [-0.05, 0) is 95.0 Å². The van der Waals surface area contributed by atoms with Gasteiger partial charge in [-0.25, -0.2) is 0 Å². The van der Waals surface area contributed by atoms with Gasteiger partial charge >= 0.3 is 0 Å². The molecule has 3 amide bonds. The van der Waals surface area contributed by atoms with Gasteiger partial charge in [-0.3, -0.25) is 19.3 Å². The molecule has 1 heterocycles. The second-order valence-electron chi connectivity index (χ2n) is 8.67. The summed E-state index contributed by atoms with van der Waals surface area (Å²) in [5.41, 5.74) is 4.21. The van der Waals surface area contributed by atoms with Gasteiger partial charge in [0.25, 0.3) is 11.1 Å². The minimum absolute atomic E-state index is 0.224. The van der Waals surface area contributed by atoms with Crippen molar-refractivity contribution in [3.63, 3.8) is 0 Å². The predicted octanol–water partition coefficient (Wildman–Crippen LogP) is 6.72. The zero-order valence-electron chi connectivity index (χ0n) is 21.2. The third-order valence-electron chi connectivity index (χ3n) is 5.70. The van der Waals surface area contributed by atoms with Gasteiger partial charge < -0.3 is 14.8 Å². The van der Waals surface area contributed by atoms with Crippen LogP contribution in [0.15, 0.2) is 70.0 Å². The smallest absolute Gasteiger partial charge is 0.294 e. The average molecular weight is 596 g/mol. The molecule has 38 heavy (non-hydrogen) atoms. The number of carbonyl (C=O) groups excluding carboxylic acids is 3. The number of imide groups is 1. The monoisotopic (exact) mass is 594 g/mol. The highest BCUT2D eigenvalue weighted by molar-refractivity contribution is 9.10. The molecule has 1 saturated heterocycles. The molecule has 1 N–H and O–H groups in total. The van der Waals surface area contributed by atoms with Crippen LogP contribution in [0, 0.1) is 13.8 Å². The van der Waals surface area contributed by atoms with E-state index in [2.05, 4.69) is 21.2 Å². The van der Waals surface area contributed by atoms with Crippen LogP contribution in [0.3, 0.4) is 0 Å². The third-order valence-corrected chi connectivity index (χ3v) is 7.19. The lowest BCUT2D eigenvalue weighted by atomic mass is 10.1. The van der Waals surface area contributed by atoms with Crippen molar-refractivity contribution in [2.45, 2.75) is 27.4 Å². The van der Waals surface area contributed by atoms with Crippen LogP contribution in [0.1, 0.15) is 29.2 Å². The molecule has 0 aromatic heterocycles. The summed E-state index contributed by atoms with van der Waals surface area (Å²) < 4.78 is 12.5. The summed E-state index contributed by atoms with van der Waals surface area (Å²) in [6.07, 6.45) is 1.61. The van der Waals surface area contributed by atoms with E-state index in [1.807, 2.05) is 69.3 Å². The van der Waals surface area contributed by atoms with Crippen molar-refractivity contribution in [3.05, 3.63) is 92.3 Å². The molecule has 0 radical (unpaired) electrons. The molecule has 9 heteroatoms. The molecule has 3 aromatic rings. The van der Waals surface area contributed by atoms with E-state index in [4.69, 9.17) is 9.47 Å². The summed E-state index contributed by atoms with van der Waals surface area (Å²) in [4.78, 5) is 39.4. The van der Waals surface area contributed by atoms with Crippen LogP contribution in [-0.4, -0.2) is 35.1 Å². The maximum atomic E-state index is 13.0. The zero-order valence-corrected chi connectivity index (χ0v) is 23.6. The number of rotatable bonds is 9. The molecule has 4 rings (SSSR count). The average Bonchev–Trinajstić information content (AvgIpc) is 3.13. The molecule has 1 aliphatic heterocycles. The molecular weight excluding hydrogens is 568 g/mol. The normalized spacial score (nSPS) is 14.2. The van der Waals surface area contributed by atoms with Gasteiger partial charge in [-0.1, -0.05) is 42.5 Å². The molecule has 0 spiro atoms. The van der Waals surface area contributed by atoms with Crippen molar-refractivity contribution in [1.82, 2.24) is 4.90 Å². The molecule has 0 atom stereocenters. The van der Waals surface area contributed by atoms with Crippen LogP contribution in [0.5, 0.6) is 11.5 Å². The fourth-order valence-electron chi connectivity index (χ4n) is 3.80. The highest BCUT2D eigenvalue weighted by Gasteiger charge is 2.36. The number of hydrogen-bond donors (Lipinski definition) is 1. The minimum Gasteiger partial charge on any atom is -0.490 e. The first kappa shape index (κ1) is 27.5. The van der Waals surface area contributed by atoms with Crippen molar-refractivity contribution in [1.29, 1.82) is 0 Å². The molecule has 196 valence electrons. The number of amides is 3. The van der Waals surface area contributed by atoms with E-state index in [0.29, 0.717) is 40.4 Å². The Morgan fingerprint density at radius 3 is 2.55 bits per heavy atom. The molecule has 0 bridgehead atoms. The number of ether oxygens (including phenoxy) is 2. The minimum atomic E-state index is -0.519. The van der Waals surface area contributed by atoms with Crippen LogP contribution < -0.4 is 14.8 Å². The molecule has 0 saturated carbocycles. The fraction of sp³-hybridized carbons (Fsp3) is 0.207. The van der Waals surface area contributed by atoms with Crippen molar-refractivity contribution >= 4 is 56.5 Å². The number of benzene rings is 3. The summed E-state index contributed by atoms with van der Waals surface area (Å²) in [6, 6.07) is 19.0. The Kier molecular flexibility index (Phi) is 8.91. The van der Waals surface area contributed by atoms with Gasteiger partial charge in [0, 0.05) is 5.69 Å². The lowest BCUT2D eigenvalue weighted by Crippen LogP contribution is -2.36. The van der Waals surface area contributed by atoms with Crippen LogP contribution in [-0.2, 0) is 16.2 Å². The van der Waals surface area contributed by atoms with E-state index < -0.39 is 17.1 Å². The first-order valence-corrected chi connectivity index (χ1v) is 13.6.